The van der Waals surface area contributed by atoms with Crippen LogP contribution in [0.5, 0.6) is 0 Å². The van der Waals surface area contributed by atoms with Crippen molar-refractivity contribution in [1.82, 2.24) is 4.90 Å². The van der Waals surface area contributed by atoms with Gasteiger partial charge in [0.15, 0.2) is 0 Å². The van der Waals surface area contributed by atoms with Crippen molar-refractivity contribution in [3.8, 4) is 0 Å². The molecule has 0 aromatic carbocycles. The van der Waals surface area contributed by atoms with Crippen LogP contribution < -0.4 is 0 Å². The van der Waals surface area contributed by atoms with Gasteiger partial charge in [0.2, 0.25) is 5.91 Å². The fraction of sp³-hybridized carbons (Fsp3) is 0.909. The summed E-state index contributed by atoms with van der Waals surface area (Å²) >= 11 is 0. The van der Waals surface area contributed by atoms with E-state index in [1.807, 2.05) is 0 Å². The van der Waals surface area contributed by atoms with Crippen LogP contribution in [0.1, 0.15) is 39.5 Å². The molecule has 2 aliphatic heterocycles. The van der Waals surface area contributed by atoms with Gasteiger partial charge in [0.1, 0.15) is 0 Å². The van der Waals surface area contributed by atoms with E-state index in [9.17, 15) is 4.79 Å². The zero-order valence-electron chi connectivity index (χ0n) is 8.62. The molecular weight excluding hydrogens is 162 g/mol. The van der Waals surface area contributed by atoms with Gasteiger partial charge >= 0.3 is 0 Å². The standard InChI is InChI=1S/C11H19NO/c1-8(2)9-5-6-12-10(7-9)3-4-11(12)13/h8-10H,3-7H2,1-2H3/t9-,10-/m1/s1. The Hall–Kier alpha value is -0.530. The maximum Gasteiger partial charge on any atom is 0.222 e. The molecule has 0 aromatic rings. The molecule has 2 heterocycles. The molecule has 0 aliphatic carbocycles. The molecular formula is C11H19NO. The predicted octanol–water partition coefficient (Wildman–Crippen LogP) is 2.04. The molecule has 74 valence electrons. The van der Waals surface area contributed by atoms with E-state index in [2.05, 4.69) is 18.7 Å². The lowest BCUT2D eigenvalue weighted by Gasteiger charge is -2.36. The van der Waals surface area contributed by atoms with Crippen LogP contribution in [0.4, 0.5) is 0 Å². The Morgan fingerprint density at radius 1 is 1.38 bits per heavy atom. The van der Waals surface area contributed by atoms with Gasteiger partial charge in [-0.3, -0.25) is 4.79 Å². The number of piperidine rings is 1. The number of nitrogens with zero attached hydrogens (tertiary/aromatic N) is 1. The van der Waals surface area contributed by atoms with Crippen LogP contribution >= 0.6 is 0 Å². The van der Waals surface area contributed by atoms with Crippen LogP contribution in [0.15, 0.2) is 0 Å². The molecule has 0 spiro atoms. The minimum Gasteiger partial charge on any atom is -0.340 e. The molecule has 2 fully saturated rings. The Kier molecular flexibility index (Phi) is 2.31. The predicted molar refractivity (Wildman–Crippen MR) is 52.3 cm³/mol. The third kappa shape index (κ3) is 1.59. The first-order chi connectivity index (χ1) is 6.18. The SMILES string of the molecule is CC(C)[C@@H]1CCN2C(=O)CC[C@@H]2C1. The van der Waals surface area contributed by atoms with Crippen LogP contribution in [0, 0.1) is 11.8 Å². The first-order valence-corrected chi connectivity index (χ1v) is 5.48. The molecule has 2 atom stereocenters. The van der Waals surface area contributed by atoms with Gasteiger partial charge in [0, 0.05) is 19.0 Å². The van der Waals surface area contributed by atoms with E-state index in [0.29, 0.717) is 11.9 Å². The molecule has 0 bridgehead atoms. The van der Waals surface area contributed by atoms with Gasteiger partial charge in [-0.25, -0.2) is 0 Å². The van der Waals surface area contributed by atoms with Crippen molar-refractivity contribution in [2.24, 2.45) is 11.8 Å². The normalized spacial score (nSPS) is 34.1. The number of hydrogen-bond acceptors (Lipinski definition) is 1. The minimum atomic E-state index is 0.396. The van der Waals surface area contributed by atoms with Gasteiger partial charge in [-0.15, -0.1) is 0 Å². The topological polar surface area (TPSA) is 20.3 Å². The van der Waals surface area contributed by atoms with E-state index in [0.717, 1.165) is 31.2 Å². The number of amides is 1. The lowest BCUT2D eigenvalue weighted by atomic mass is 9.83. The van der Waals surface area contributed by atoms with Crippen molar-refractivity contribution in [2.75, 3.05) is 6.54 Å². The van der Waals surface area contributed by atoms with Gasteiger partial charge in [-0.1, -0.05) is 13.8 Å². The molecule has 2 nitrogen and oxygen atoms in total. The summed E-state index contributed by atoms with van der Waals surface area (Å²) in [6.45, 7) is 5.63. The molecule has 0 unspecified atom stereocenters. The maximum absolute atomic E-state index is 11.4. The Bertz CT molecular complexity index is 212. The van der Waals surface area contributed by atoms with Gasteiger partial charge in [-0.05, 0) is 31.1 Å². The number of fused-ring (bicyclic) bond motifs is 1. The van der Waals surface area contributed by atoms with E-state index in [1.165, 1.54) is 12.8 Å². The zero-order valence-corrected chi connectivity index (χ0v) is 8.62. The van der Waals surface area contributed by atoms with E-state index < -0.39 is 0 Å². The number of carbonyl (C=O) groups is 1. The molecule has 2 heteroatoms. The molecule has 2 aliphatic rings. The molecule has 2 saturated heterocycles. The zero-order chi connectivity index (χ0) is 9.42. The lowest BCUT2D eigenvalue weighted by molar-refractivity contribution is -0.130. The summed E-state index contributed by atoms with van der Waals surface area (Å²) in [7, 11) is 0. The first-order valence-electron chi connectivity index (χ1n) is 5.48. The fourth-order valence-electron chi connectivity index (χ4n) is 2.72. The average Bonchev–Trinajstić information content (AvgIpc) is 2.47. The summed E-state index contributed by atoms with van der Waals surface area (Å²) in [6, 6.07) is 0.591. The quantitative estimate of drug-likeness (QED) is 0.606. The maximum atomic E-state index is 11.4. The second-order valence-electron chi connectivity index (χ2n) is 4.81. The summed E-state index contributed by atoms with van der Waals surface area (Å²) in [5, 5.41) is 0. The number of carbonyl (C=O) groups excluding carboxylic acids is 1. The highest BCUT2D eigenvalue weighted by atomic mass is 16.2. The van der Waals surface area contributed by atoms with Gasteiger partial charge in [0.25, 0.3) is 0 Å². The monoisotopic (exact) mass is 181 g/mol. The number of rotatable bonds is 1. The highest BCUT2D eigenvalue weighted by Crippen LogP contribution is 2.34. The smallest absolute Gasteiger partial charge is 0.222 e. The van der Waals surface area contributed by atoms with Gasteiger partial charge < -0.3 is 4.90 Å². The summed E-state index contributed by atoms with van der Waals surface area (Å²) in [4.78, 5) is 13.5. The van der Waals surface area contributed by atoms with E-state index in [1.54, 1.807) is 0 Å². The Morgan fingerprint density at radius 2 is 2.15 bits per heavy atom. The minimum absolute atomic E-state index is 0.396. The highest BCUT2D eigenvalue weighted by Gasteiger charge is 2.36. The Morgan fingerprint density at radius 3 is 2.85 bits per heavy atom. The van der Waals surface area contributed by atoms with Crippen LogP contribution in [0.25, 0.3) is 0 Å². The fourth-order valence-corrected chi connectivity index (χ4v) is 2.72. The Labute approximate surface area is 80.3 Å². The second-order valence-corrected chi connectivity index (χ2v) is 4.81. The molecule has 2 rings (SSSR count). The van der Waals surface area contributed by atoms with Crippen molar-refractivity contribution in [2.45, 2.75) is 45.6 Å². The van der Waals surface area contributed by atoms with Crippen LogP contribution in [0.3, 0.4) is 0 Å². The summed E-state index contributed by atoms with van der Waals surface area (Å²) in [5.41, 5.74) is 0. The van der Waals surface area contributed by atoms with E-state index in [-0.39, 0.29) is 0 Å². The molecule has 1 amide bonds. The second kappa shape index (κ2) is 3.32. The van der Waals surface area contributed by atoms with E-state index >= 15 is 0 Å². The van der Waals surface area contributed by atoms with Gasteiger partial charge in [0.05, 0.1) is 0 Å². The van der Waals surface area contributed by atoms with Crippen molar-refractivity contribution < 1.29 is 4.79 Å². The summed E-state index contributed by atoms with van der Waals surface area (Å²) in [5.74, 6) is 2.04. The first kappa shape index (κ1) is 9.04. The molecule has 13 heavy (non-hydrogen) atoms. The lowest BCUT2D eigenvalue weighted by Crippen LogP contribution is -2.41. The third-order valence-electron chi connectivity index (χ3n) is 3.71. The van der Waals surface area contributed by atoms with Crippen LogP contribution in [-0.2, 0) is 4.79 Å². The van der Waals surface area contributed by atoms with Crippen LogP contribution in [-0.4, -0.2) is 23.4 Å². The largest absolute Gasteiger partial charge is 0.340 e. The molecule has 0 saturated carbocycles. The number of hydrogen-bond donors (Lipinski definition) is 0. The highest BCUT2D eigenvalue weighted by molar-refractivity contribution is 5.78. The molecule has 0 radical (unpaired) electrons. The van der Waals surface area contributed by atoms with Crippen molar-refractivity contribution in [3.63, 3.8) is 0 Å². The summed E-state index contributed by atoms with van der Waals surface area (Å²) in [6.07, 6.45) is 4.39. The van der Waals surface area contributed by atoms with Gasteiger partial charge in [-0.2, -0.15) is 0 Å². The summed E-state index contributed by atoms with van der Waals surface area (Å²) < 4.78 is 0. The third-order valence-corrected chi connectivity index (χ3v) is 3.71. The average molecular weight is 181 g/mol. The van der Waals surface area contributed by atoms with E-state index in [4.69, 9.17) is 0 Å². The van der Waals surface area contributed by atoms with Crippen molar-refractivity contribution >= 4 is 5.91 Å². The Balaban J connectivity index is 1.99. The van der Waals surface area contributed by atoms with Crippen molar-refractivity contribution in [3.05, 3.63) is 0 Å². The van der Waals surface area contributed by atoms with Crippen LogP contribution in [0.2, 0.25) is 0 Å². The molecule has 0 aromatic heterocycles. The molecule has 0 N–H and O–H groups in total. The van der Waals surface area contributed by atoms with Crippen molar-refractivity contribution in [1.29, 1.82) is 0 Å².